The van der Waals surface area contributed by atoms with Gasteiger partial charge in [0, 0.05) is 13.0 Å². The number of benzene rings is 2. The molecular formula is C35H53O4Si. The SMILES string of the molecule is CCCCC[C@H]([CH][CH][CH][C@@H](O)CCCCCCCCO[Si](c1ccccc1)(c1ccccc1)C(C)(C)C)OC=O. The molecule has 4 nitrogen and oxygen atoms in total. The highest BCUT2D eigenvalue weighted by Crippen LogP contribution is 2.36. The number of aliphatic hydroxyl groups excluding tert-OH is 1. The van der Waals surface area contributed by atoms with Crippen LogP contribution >= 0.6 is 0 Å². The van der Waals surface area contributed by atoms with E-state index in [1.54, 1.807) is 0 Å². The van der Waals surface area contributed by atoms with Gasteiger partial charge in [0.25, 0.3) is 14.8 Å². The molecule has 0 aliphatic carbocycles. The van der Waals surface area contributed by atoms with Gasteiger partial charge in [-0.15, -0.1) is 0 Å². The third-order valence-corrected chi connectivity index (χ3v) is 12.7. The summed E-state index contributed by atoms with van der Waals surface area (Å²) in [6, 6.07) is 21.7. The molecule has 0 saturated carbocycles. The average Bonchev–Trinajstić information content (AvgIpc) is 2.94. The predicted molar refractivity (Wildman–Crippen MR) is 170 cm³/mol. The summed E-state index contributed by atoms with van der Waals surface area (Å²) < 4.78 is 12.1. The third-order valence-electron chi connectivity index (χ3n) is 7.61. The smallest absolute Gasteiger partial charge is 0.293 e. The second-order valence-electron chi connectivity index (χ2n) is 11.8. The van der Waals surface area contributed by atoms with Gasteiger partial charge in [-0.05, 0) is 53.9 Å². The Morgan fingerprint density at radius 1 is 0.775 bits per heavy atom. The molecule has 0 bridgehead atoms. The van der Waals surface area contributed by atoms with E-state index in [0.29, 0.717) is 6.47 Å². The average molecular weight is 566 g/mol. The molecule has 40 heavy (non-hydrogen) atoms. The Morgan fingerprint density at radius 3 is 1.88 bits per heavy atom. The van der Waals surface area contributed by atoms with Crippen molar-refractivity contribution in [3.8, 4) is 0 Å². The van der Waals surface area contributed by atoms with Crippen molar-refractivity contribution < 1.29 is 19.1 Å². The molecule has 0 fully saturated rings. The van der Waals surface area contributed by atoms with Crippen molar-refractivity contribution in [3.63, 3.8) is 0 Å². The highest BCUT2D eigenvalue weighted by Gasteiger charge is 2.49. The summed E-state index contributed by atoms with van der Waals surface area (Å²) in [5, 5.41) is 13.0. The first-order valence-corrected chi connectivity index (χ1v) is 17.3. The van der Waals surface area contributed by atoms with Crippen molar-refractivity contribution in [1.82, 2.24) is 0 Å². The van der Waals surface area contributed by atoms with E-state index in [0.717, 1.165) is 64.4 Å². The molecule has 0 heterocycles. The topological polar surface area (TPSA) is 55.8 Å². The molecule has 0 amide bonds. The van der Waals surface area contributed by atoms with E-state index in [4.69, 9.17) is 9.16 Å². The van der Waals surface area contributed by atoms with Gasteiger partial charge in [0.2, 0.25) is 0 Å². The van der Waals surface area contributed by atoms with E-state index < -0.39 is 14.4 Å². The quantitative estimate of drug-likeness (QED) is 0.0919. The van der Waals surface area contributed by atoms with Crippen LogP contribution in [-0.4, -0.2) is 38.7 Å². The standard InChI is InChI=1S/C35H53O4Si/c1-5-6-13-23-32(38-30-36)24-20-22-31(37)21-14-9-7-8-10-19-29-39-40(35(2,3)4,33-25-15-11-16-26-33)34-27-17-12-18-28-34/h11-12,15-18,20,22,24-28,30-32,37H,5-10,13-14,19,21,23,29H2,1-4H3/t31-,32+/m0/s1. The zero-order chi connectivity index (χ0) is 29.1. The van der Waals surface area contributed by atoms with Crippen LogP contribution in [0.4, 0.5) is 0 Å². The van der Waals surface area contributed by atoms with Gasteiger partial charge in [0.1, 0.15) is 6.10 Å². The van der Waals surface area contributed by atoms with Gasteiger partial charge in [-0.3, -0.25) is 4.79 Å². The summed E-state index contributed by atoms with van der Waals surface area (Å²) in [4.78, 5) is 10.7. The van der Waals surface area contributed by atoms with Crippen LogP contribution in [-0.2, 0) is 14.0 Å². The maximum absolute atomic E-state index is 10.7. The predicted octanol–water partition coefficient (Wildman–Crippen LogP) is 7.39. The molecule has 2 aromatic rings. The lowest BCUT2D eigenvalue weighted by molar-refractivity contribution is -0.132. The summed E-state index contributed by atoms with van der Waals surface area (Å²) in [5.41, 5.74) is 0. The lowest BCUT2D eigenvalue weighted by Gasteiger charge is -2.43. The van der Waals surface area contributed by atoms with Gasteiger partial charge >= 0.3 is 0 Å². The Bertz CT molecular complexity index is 857. The number of ether oxygens (including phenoxy) is 1. The number of unbranched alkanes of at least 4 members (excludes halogenated alkanes) is 7. The molecule has 221 valence electrons. The molecule has 5 heteroatoms. The van der Waals surface area contributed by atoms with Crippen molar-refractivity contribution >= 4 is 25.2 Å². The minimum atomic E-state index is -2.44. The summed E-state index contributed by atoms with van der Waals surface area (Å²) in [6.45, 7) is 10.4. The maximum Gasteiger partial charge on any atom is 0.293 e. The number of rotatable bonds is 22. The first-order valence-electron chi connectivity index (χ1n) is 15.4. The Hall–Kier alpha value is -1.95. The fourth-order valence-corrected chi connectivity index (χ4v) is 10.0. The fourth-order valence-electron chi connectivity index (χ4n) is 5.44. The number of carbonyl (C=O) groups is 1. The van der Waals surface area contributed by atoms with Crippen LogP contribution in [0.15, 0.2) is 60.7 Å². The monoisotopic (exact) mass is 565 g/mol. The van der Waals surface area contributed by atoms with Crippen LogP contribution < -0.4 is 10.4 Å². The van der Waals surface area contributed by atoms with Gasteiger partial charge in [-0.25, -0.2) is 0 Å². The van der Waals surface area contributed by atoms with Gasteiger partial charge in [0.05, 0.1) is 6.10 Å². The molecule has 2 atom stereocenters. The Morgan fingerprint density at radius 2 is 1.32 bits per heavy atom. The third kappa shape index (κ3) is 11.5. The molecule has 0 unspecified atom stereocenters. The van der Waals surface area contributed by atoms with Gasteiger partial charge in [-0.2, -0.15) is 0 Å². The molecule has 1 N–H and O–H groups in total. The highest BCUT2D eigenvalue weighted by molar-refractivity contribution is 6.99. The van der Waals surface area contributed by atoms with Crippen LogP contribution in [0.2, 0.25) is 5.04 Å². The van der Waals surface area contributed by atoms with Crippen LogP contribution in [0.25, 0.3) is 0 Å². The molecule has 0 aliphatic rings. The Labute approximate surface area is 246 Å². The van der Waals surface area contributed by atoms with Gasteiger partial charge in [-0.1, -0.05) is 133 Å². The number of carbonyl (C=O) groups excluding carboxylic acids is 1. The highest BCUT2D eigenvalue weighted by atomic mass is 28.4. The minimum Gasteiger partial charge on any atom is -0.464 e. The summed E-state index contributed by atoms with van der Waals surface area (Å²) in [5.74, 6) is 0. The van der Waals surface area contributed by atoms with Gasteiger partial charge in [0.15, 0.2) is 0 Å². The number of hydrogen-bond acceptors (Lipinski definition) is 4. The largest absolute Gasteiger partial charge is 0.464 e. The van der Waals surface area contributed by atoms with Crippen LogP contribution in [0.3, 0.4) is 0 Å². The summed E-state index contributed by atoms with van der Waals surface area (Å²) in [6.07, 6.45) is 16.5. The summed E-state index contributed by atoms with van der Waals surface area (Å²) in [7, 11) is -2.44. The van der Waals surface area contributed by atoms with E-state index in [1.165, 1.54) is 23.2 Å². The van der Waals surface area contributed by atoms with E-state index in [2.05, 4.69) is 88.4 Å². The fraction of sp³-hybridized carbons (Fsp3) is 0.543. The first kappa shape index (κ1) is 34.2. The van der Waals surface area contributed by atoms with E-state index in [9.17, 15) is 9.90 Å². The Kier molecular flexibility index (Phi) is 16.5. The number of hydrogen-bond donors (Lipinski definition) is 1. The van der Waals surface area contributed by atoms with Gasteiger partial charge < -0.3 is 14.3 Å². The minimum absolute atomic E-state index is 0.0141. The molecule has 0 aliphatic heterocycles. The van der Waals surface area contributed by atoms with Crippen molar-refractivity contribution in [2.45, 2.75) is 116 Å². The zero-order valence-electron chi connectivity index (χ0n) is 25.4. The second kappa shape index (κ2) is 19.2. The van der Waals surface area contributed by atoms with E-state index in [-0.39, 0.29) is 11.1 Å². The lowest BCUT2D eigenvalue weighted by Crippen LogP contribution is -2.66. The van der Waals surface area contributed by atoms with Crippen molar-refractivity contribution in [2.24, 2.45) is 0 Å². The van der Waals surface area contributed by atoms with E-state index >= 15 is 0 Å². The molecular weight excluding hydrogens is 512 g/mol. The zero-order valence-corrected chi connectivity index (χ0v) is 26.4. The molecule has 0 saturated heterocycles. The van der Waals surface area contributed by atoms with Crippen molar-refractivity contribution in [3.05, 3.63) is 79.9 Å². The number of aliphatic hydroxyl groups is 1. The van der Waals surface area contributed by atoms with Crippen LogP contribution in [0.1, 0.15) is 98.3 Å². The first-order chi connectivity index (χ1) is 19.3. The maximum atomic E-state index is 10.7. The molecule has 2 aromatic carbocycles. The molecule has 0 spiro atoms. The normalized spacial score (nSPS) is 13.6. The molecule has 3 radical (unpaired) electrons. The van der Waals surface area contributed by atoms with Crippen molar-refractivity contribution in [1.29, 1.82) is 0 Å². The lowest BCUT2D eigenvalue weighted by atomic mass is 10.0. The van der Waals surface area contributed by atoms with Crippen LogP contribution in [0, 0.1) is 19.3 Å². The van der Waals surface area contributed by atoms with Crippen molar-refractivity contribution in [2.75, 3.05) is 6.61 Å². The Balaban J connectivity index is 1.68. The second-order valence-corrected chi connectivity index (χ2v) is 16.1. The van der Waals surface area contributed by atoms with Crippen LogP contribution in [0.5, 0.6) is 0 Å². The molecule has 2 rings (SSSR count). The molecule has 0 aromatic heterocycles. The van der Waals surface area contributed by atoms with E-state index in [1.807, 2.05) is 19.3 Å². The summed E-state index contributed by atoms with van der Waals surface area (Å²) >= 11 is 0.